The minimum atomic E-state index is -4.36. The highest BCUT2D eigenvalue weighted by atomic mass is 32.1. The van der Waals surface area contributed by atoms with E-state index in [0.29, 0.717) is 5.82 Å². The smallest absolute Gasteiger partial charge is 0.347 e. The molecule has 0 N–H and O–H groups in total. The van der Waals surface area contributed by atoms with Crippen LogP contribution in [-0.2, 0) is 6.18 Å². The molecule has 4 rings (SSSR count). The van der Waals surface area contributed by atoms with Crippen LogP contribution in [0.3, 0.4) is 0 Å². The highest BCUT2D eigenvalue weighted by molar-refractivity contribution is 7.18. The first kappa shape index (κ1) is 15.4. The van der Waals surface area contributed by atoms with E-state index in [2.05, 4.69) is 9.88 Å². The van der Waals surface area contributed by atoms with Gasteiger partial charge in [0.25, 0.3) is 0 Å². The van der Waals surface area contributed by atoms with Crippen molar-refractivity contribution < 1.29 is 13.2 Å². The number of para-hydroxylation sites is 1. The summed E-state index contributed by atoms with van der Waals surface area (Å²) in [5.41, 5.74) is 0.242. The molecule has 1 atom stereocenters. The van der Waals surface area contributed by atoms with E-state index in [4.69, 9.17) is 4.98 Å². The van der Waals surface area contributed by atoms with E-state index >= 15 is 0 Å². The van der Waals surface area contributed by atoms with Gasteiger partial charge in [0.05, 0.1) is 21.8 Å². The molecule has 7 heteroatoms. The molecule has 124 valence electrons. The summed E-state index contributed by atoms with van der Waals surface area (Å²) in [6.45, 7) is 0.777. The number of hydrogen-bond acceptors (Lipinski definition) is 4. The number of rotatable bonds is 2. The Balaban J connectivity index is 1.65. The number of alkyl halides is 3. The summed E-state index contributed by atoms with van der Waals surface area (Å²) in [5, 5.41) is 0.996. The zero-order chi connectivity index (χ0) is 16.7. The van der Waals surface area contributed by atoms with Crippen molar-refractivity contribution in [3.8, 4) is 0 Å². The quantitative estimate of drug-likeness (QED) is 0.648. The molecular formula is C17H14F3N3S. The molecule has 3 aromatic rings. The molecular weight excluding hydrogens is 335 g/mol. The minimum Gasteiger partial charge on any atom is -0.347 e. The third kappa shape index (κ3) is 2.73. The van der Waals surface area contributed by atoms with Gasteiger partial charge in [-0.15, -0.1) is 11.3 Å². The Labute approximate surface area is 140 Å². The Kier molecular flexibility index (Phi) is 3.68. The third-order valence-electron chi connectivity index (χ3n) is 4.22. The predicted molar refractivity (Wildman–Crippen MR) is 88.2 cm³/mol. The fourth-order valence-electron chi connectivity index (χ4n) is 3.05. The van der Waals surface area contributed by atoms with E-state index in [0.717, 1.165) is 46.9 Å². The van der Waals surface area contributed by atoms with Gasteiger partial charge in [-0.2, -0.15) is 13.2 Å². The fraction of sp³-hybridized carbons (Fsp3) is 0.294. The van der Waals surface area contributed by atoms with Gasteiger partial charge >= 0.3 is 6.18 Å². The molecule has 1 aromatic carbocycles. The standard InChI is InChI=1S/C17H14F3N3S/c18-17(19,20)11-7-8-15(21-10-11)23-9-3-5-13(23)16-22-12-4-1-2-6-14(12)24-16/h1-2,4,6-8,10,13H,3,5,9H2/t13-/m1/s1. The van der Waals surface area contributed by atoms with Crippen LogP contribution in [0.4, 0.5) is 19.0 Å². The van der Waals surface area contributed by atoms with Crippen LogP contribution >= 0.6 is 11.3 Å². The number of thiazole rings is 1. The van der Waals surface area contributed by atoms with Crippen molar-refractivity contribution >= 4 is 27.4 Å². The monoisotopic (exact) mass is 349 g/mol. The lowest BCUT2D eigenvalue weighted by molar-refractivity contribution is -0.137. The van der Waals surface area contributed by atoms with Gasteiger partial charge in [0.2, 0.25) is 0 Å². The van der Waals surface area contributed by atoms with Crippen LogP contribution < -0.4 is 4.90 Å². The minimum absolute atomic E-state index is 0.0756. The first-order valence-corrected chi connectivity index (χ1v) is 8.49. The Hall–Kier alpha value is -2.15. The molecule has 1 aliphatic rings. The zero-order valence-corrected chi connectivity index (χ0v) is 13.4. The lowest BCUT2D eigenvalue weighted by Crippen LogP contribution is -2.23. The first-order valence-electron chi connectivity index (χ1n) is 7.68. The van der Waals surface area contributed by atoms with Crippen LogP contribution in [0.1, 0.15) is 29.5 Å². The summed E-state index contributed by atoms with van der Waals surface area (Å²) in [5.74, 6) is 0.574. The van der Waals surface area contributed by atoms with Crippen LogP contribution in [0.15, 0.2) is 42.6 Å². The molecule has 3 heterocycles. The van der Waals surface area contributed by atoms with Crippen LogP contribution in [0.2, 0.25) is 0 Å². The van der Waals surface area contributed by atoms with E-state index in [-0.39, 0.29) is 6.04 Å². The summed E-state index contributed by atoms with van der Waals surface area (Å²) in [4.78, 5) is 10.8. The normalized spacial score (nSPS) is 18.5. The van der Waals surface area contributed by atoms with Gasteiger partial charge in [0.1, 0.15) is 10.8 Å². The van der Waals surface area contributed by atoms with E-state index in [1.807, 2.05) is 24.3 Å². The average Bonchev–Trinajstić information content (AvgIpc) is 3.20. The van der Waals surface area contributed by atoms with Crippen molar-refractivity contribution in [3.05, 3.63) is 53.2 Å². The molecule has 2 aromatic heterocycles. The second-order valence-electron chi connectivity index (χ2n) is 5.77. The zero-order valence-electron chi connectivity index (χ0n) is 12.6. The number of fused-ring (bicyclic) bond motifs is 1. The molecule has 0 unspecified atom stereocenters. The second kappa shape index (κ2) is 5.73. The molecule has 0 aliphatic carbocycles. The van der Waals surface area contributed by atoms with Crippen LogP contribution in [0.25, 0.3) is 10.2 Å². The van der Waals surface area contributed by atoms with Gasteiger partial charge < -0.3 is 4.90 Å². The van der Waals surface area contributed by atoms with Gasteiger partial charge in [-0.1, -0.05) is 12.1 Å². The van der Waals surface area contributed by atoms with Gasteiger partial charge in [-0.3, -0.25) is 0 Å². The number of halogens is 3. The van der Waals surface area contributed by atoms with Gasteiger partial charge in [0, 0.05) is 12.7 Å². The first-order chi connectivity index (χ1) is 11.5. The van der Waals surface area contributed by atoms with Crippen LogP contribution in [0, 0.1) is 0 Å². The lowest BCUT2D eigenvalue weighted by Gasteiger charge is -2.24. The van der Waals surface area contributed by atoms with Gasteiger partial charge in [-0.05, 0) is 37.1 Å². The van der Waals surface area contributed by atoms with E-state index in [1.54, 1.807) is 11.3 Å². The number of nitrogens with zero attached hydrogens (tertiary/aromatic N) is 3. The summed E-state index contributed by atoms with van der Waals surface area (Å²) in [6, 6.07) is 10.6. The number of benzene rings is 1. The van der Waals surface area contributed by atoms with Crippen LogP contribution in [0.5, 0.6) is 0 Å². The van der Waals surface area contributed by atoms with Crippen molar-refractivity contribution in [2.75, 3.05) is 11.4 Å². The molecule has 0 saturated carbocycles. The van der Waals surface area contributed by atoms with Crippen molar-refractivity contribution in [3.63, 3.8) is 0 Å². The van der Waals surface area contributed by atoms with E-state index < -0.39 is 11.7 Å². The topological polar surface area (TPSA) is 29.0 Å². The van der Waals surface area contributed by atoms with Crippen LogP contribution in [-0.4, -0.2) is 16.5 Å². The SMILES string of the molecule is FC(F)(F)c1ccc(N2CCC[C@@H]2c2nc3ccccc3s2)nc1. The molecule has 0 amide bonds. The highest BCUT2D eigenvalue weighted by Crippen LogP contribution is 2.39. The maximum atomic E-state index is 12.7. The van der Waals surface area contributed by atoms with Crippen molar-refractivity contribution in [2.45, 2.75) is 25.1 Å². The number of pyridine rings is 1. The third-order valence-corrected chi connectivity index (χ3v) is 5.36. The Morgan fingerprint density at radius 2 is 1.96 bits per heavy atom. The number of hydrogen-bond donors (Lipinski definition) is 0. The molecule has 0 spiro atoms. The largest absolute Gasteiger partial charge is 0.417 e. The fourth-order valence-corrected chi connectivity index (χ4v) is 4.17. The summed E-state index contributed by atoms with van der Waals surface area (Å²) in [7, 11) is 0. The summed E-state index contributed by atoms with van der Waals surface area (Å²) in [6.07, 6.45) is -1.54. The molecule has 1 fully saturated rings. The Morgan fingerprint density at radius 1 is 1.12 bits per heavy atom. The second-order valence-corrected chi connectivity index (χ2v) is 6.84. The van der Waals surface area contributed by atoms with Crippen molar-refractivity contribution in [1.82, 2.24) is 9.97 Å². The van der Waals surface area contributed by atoms with Gasteiger partial charge in [0.15, 0.2) is 0 Å². The molecule has 0 radical (unpaired) electrons. The van der Waals surface area contributed by atoms with Gasteiger partial charge in [-0.25, -0.2) is 9.97 Å². The molecule has 0 bridgehead atoms. The maximum absolute atomic E-state index is 12.7. The average molecular weight is 349 g/mol. The summed E-state index contributed by atoms with van der Waals surface area (Å²) >= 11 is 1.64. The predicted octanol–water partition coefficient (Wildman–Crippen LogP) is 5.05. The number of aromatic nitrogens is 2. The Morgan fingerprint density at radius 3 is 2.67 bits per heavy atom. The molecule has 24 heavy (non-hydrogen) atoms. The van der Waals surface area contributed by atoms with E-state index in [9.17, 15) is 13.2 Å². The van der Waals surface area contributed by atoms with Crippen molar-refractivity contribution in [2.24, 2.45) is 0 Å². The molecule has 1 saturated heterocycles. The Bertz CT molecular complexity index is 824. The molecule has 1 aliphatic heterocycles. The maximum Gasteiger partial charge on any atom is 0.417 e. The van der Waals surface area contributed by atoms with E-state index in [1.165, 1.54) is 6.07 Å². The van der Waals surface area contributed by atoms with Crippen molar-refractivity contribution in [1.29, 1.82) is 0 Å². The summed E-state index contributed by atoms with van der Waals surface area (Å²) < 4.78 is 39.2. The highest BCUT2D eigenvalue weighted by Gasteiger charge is 2.33. The number of anilines is 1. The molecule has 3 nitrogen and oxygen atoms in total. The lowest BCUT2D eigenvalue weighted by atomic mass is 10.2.